The number of hydrogen-bond donors (Lipinski definition) is 0. The minimum atomic E-state index is -4.45. The van der Waals surface area contributed by atoms with Crippen molar-refractivity contribution in [1.82, 2.24) is 15.0 Å². The number of rotatable bonds is 3. The van der Waals surface area contributed by atoms with Gasteiger partial charge in [-0.2, -0.15) is 13.2 Å². The number of hydrogen-bond acceptors (Lipinski definition) is 5. The Morgan fingerprint density at radius 2 is 1.84 bits per heavy atom. The van der Waals surface area contributed by atoms with Crippen LogP contribution in [0.1, 0.15) is 21.7 Å². The molecule has 0 N–H and O–H groups in total. The van der Waals surface area contributed by atoms with Gasteiger partial charge in [0.2, 0.25) is 0 Å². The SMILES string of the molecule is Cc1onc(-c2c(F)cccc2Cl)c1C(=O)N1CCN(c2ccc(C(F)(F)F)cn2)CC1. The molecule has 168 valence electrons. The van der Waals surface area contributed by atoms with Crippen LogP contribution in [0.3, 0.4) is 0 Å². The van der Waals surface area contributed by atoms with E-state index in [-0.39, 0.29) is 40.7 Å². The van der Waals surface area contributed by atoms with Crippen LogP contribution in [0.4, 0.5) is 23.4 Å². The van der Waals surface area contributed by atoms with Crippen molar-refractivity contribution in [2.45, 2.75) is 13.1 Å². The fourth-order valence-corrected chi connectivity index (χ4v) is 3.81. The number of aryl methyl sites for hydroxylation is 1. The first kappa shape index (κ1) is 22.1. The molecule has 1 amide bonds. The lowest BCUT2D eigenvalue weighted by molar-refractivity contribution is -0.137. The van der Waals surface area contributed by atoms with Crippen molar-refractivity contribution in [2.75, 3.05) is 31.1 Å². The number of aromatic nitrogens is 2. The molecule has 1 saturated heterocycles. The third kappa shape index (κ3) is 4.14. The Labute approximate surface area is 185 Å². The van der Waals surface area contributed by atoms with Gasteiger partial charge in [0, 0.05) is 32.4 Å². The van der Waals surface area contributed by atoms with Crippen molar-refractivity contribution in [3.63, 3.8) is 0 Å². The largest absolute Gasteiger partial charge is 0.417 e. The second kappa shape index (κ2) is 8.42. The van der Waals surface area contributed by atoms with E-state index in [4.69, 9.17) is 16.1 Å². The quantitative estimate of drug-likeness (QED) is 0.516. The second-order valence-corrected chi connectivity index (χ2v) is 7.65. The highest BCUT2D eigenvalue weighted by Crippen LogP contribution is 2.34. The normalized spacial score (nSPS) is 14.7. The number of nitrogens with zero attached hydrogens (tertiary/aromatic N) is 4. The minimum absolute atomic E-state index is 0.0121. The van der Waals surface area contributed by atoms with Gasteiger partial charge in [-0.1, -0.05) is 22.8 Å². The van der Waals surface area contributed by atoms with E-state index in [1.807, 2.05) is 0 Å². The zero-order chi connectivity index (χ0) is 23.0. The first-order chi connectivity index (χ1) is 15.2. The van der Waals surface area contributed by atoms with Crippen LogP contribution in [0.2, 0.25) is 5.02 Å². The first-order valence-electron chi connectivity index (χ1n) is 9.65. The maximum Gasteiger partial charge on any atom is 0.417 e. The fraction of sp³-hybridized carbons (Fsp3) is 0.286. The molecular weight excluding hydrogens is 452 g/mol. The van der Waals surface area contributed by atoms with E-state index in [1.165, 1.54) is 24.3 Å². The Hall–Kier alpha value is -3.14. The summed E-state index contributed by atoms with van der Waals surface area (Å²) < 4.78 is 57.8. The van der Waals surface area contributed by atoms with Crippen molar-refractivity contribution in [3.05, 3.63) is 64.3 Å². The van der Waals surface area contributed by atoms with Crippen molar-refractivity contribution in [3.8, 4) is 11.3 Å². The van der Waals surface area contributed by atoms with Crippen molar-refractivity contribution in [1.29, 1.82) is 0 Å². The van der Waals surface area contributed by atoms with Gasteiger partial charge in [0.05, 0.1) is 16.1 Å². The van der Waals surface area contributed by atoms with Gasteiger partial charge in [-0.15, -0.1) is 0 Å². The molecule has 0 radical (unpaired) electrons. The highest BCUT2D eigenvalue weighted by molar-refractivity contribution is 6.33. The number of halogens is 5. The molecule has 2 aromatic heterocycles. The van der Waals surface area contributed by atoms with E-state index in [0.29, 0.717) is 18.9 Å². The molecule has 1 fully saturated rings. The number of carbonyl (C=O) groups is 1. The third-order valence-corrected chi connectivity index (χ3v) is 5.56. The summed E-state index contributed by atoms with van der Waals surface area (Å²) in [5.74, 6) is -0.391. The number of pyridine rings is 1. The molecule has 4 rings (SSSR count). The highest BCUT2D eigenvalue weighted by atomic mass is 35.5. The Bertz CT molecular complexity index is 1120. The number of anilines is 1. The third-order valence-electron chi connectivity index (χ3n) is 5.24. The maximum absolute atomic E-state index is 14.4. The molecule has 3 heterocycles. The van der Waals surface area contributed by atoms with E-state index >= 15 is 0 Å². The summed E-state index contributed by atoms with van der Waals surface area (Å²) in [6, 6.07) is 6.45. The van der Waals surface area contributed by atoms with Crippen LogP contribution in [0.25, 0.3) is 11.3 Å². The molecule has 0 unspecified atom stereocenters. The van der Waals surface area contributed by atoms with Crippen LogP contribution in [-0.4, -0.2) is 47.1 Å². The number of piperazine rings is 1. The lowest BCUT2D eigenvalue weighted by atomic mass is 10.0. The van der Waals surface area contributed by atoms with Gasteiger partial charge in [0.1, 0.15) is 28.7 Å². The molecule has 32 heavy (non-hydrogen) atoms. The summed E-state index contributed by atoms with van der Waals surface area (Å²) in [5, 5.41) is 3.96. The first-order valence-corrected chi connectivity index (χ1v) is 10.0. The molecule has 0 saturated carbocycles. The average molecular weight is 469 g/mol. The van der Waals surface area contributed by atoms with Crippen LogP contribution in [0.5, 0.6) is 0 Å². The molecular formula is C21H17ClF4N4O2. The Morgan fingerprint density at radius 3 is 2.44 bits per heavy atom. The Kier molecular flexibility index (Phi) is 5.81. The van der Waals surface area contributed by atoms with Crippen LogP contribution < -0.4 is 4.90 Å². The Balaban J connectivity index is 1.51. The van der Waals surface area contributed by atoms with Gasteiger partial charge in [0.15, 0.2) is 0 Å². The predicted octanol–water partition coefficient (Wildman–Crippen LogP) is 4.82. The summed E-state index contributed by atoms with van der Waals surface area (Å²) in [4.78, 5) is 20.4. The highest BCUT2D eigenvalue weighted by Gasteiger charge is 2.32. The molecule has 0 atom stereocenters. The molecule has 6 nitrogen and oxygen atoms in total. The van der Waals surface area contributed by atoms with Gasteiger partial charge < -0.3 is 14.3 Å². The number of alkyl halides is 3. The van der Waals surface area contributed by atoms with Gasteiger partial charge >= 0.3 is 6.18 Å². The van der Waals surface area contributed by atoms with E-state index in [0.717, 1.165) is 12.3 Å². The smallest absolute Gasteiger partial charge is 0.360 e. The standard InChI is InChI=1S/C21H17ClF4N4O2/c1-12-17(19(28-32-12)18-14(22)3-2-4-15(18)23)20(31)30-9-7-29(8-10-30)16-6-5-13(11-27-16)21(24,25)26/h2-6,11H,7-10H2,1H3. The minimum Gasteiger partial charge on any atom is -0.360 e. The summed E-state index contributed by atoms with van der Waals surface area (Å²) >= 11 is 6.13. The molecule has 0 spiro atoms. The average Bonchev–Trinajstić information content (AvgIpc) is 3.13. The van der Waals surface area contributed by atoms with Gasteiger partial charge in [0.25, 0.3) is 5.91 Å². The predicted molar refractivity (Wildman–Crippen MR) is 109 cm³/mol. The zero-order valence-electron chi connectivity index (χ0n) is 16.8. The molecule has 0 aliphatic carbocycles. The van der Waals surface area contributed by atoms with Crippen LogP contribution in [-0.2, 0) is 6.18 Å². The monoisotopic (exact) mass is 468 g/mol. The Morgan fingerprint density at radius 1 is 1.12 bits per heavy atom. The fourth-order valence-electron chi connectivity index (χ4n) is 3.56. The molecule has 0 bridgehead atoms. The summed E-state index contributed by atoms with van der Waals surface area (Å²) in [7, 11) is 0. The van der Waals surface area contributed by atoms with Crippen LogP contribution >= 0.6 is 11.6 Å². The van der Waals surface area contributed by atoms with Gasteiger partial charge in [-0.25, -0.2) is 9.37 Å². The summed E-state index contributed by atoms with van der Waals surface area (Å²) in [5.41, 5.74) is -0.681. The van der Waals surface area contributed by atoms with Gasteiger partial charge in [-0.3, -0.25) is 4.79 Å². The number of amides is 1. The van der Waals surface area contributed by atoms with Gasteiger partial charge in [-0.05, 0) is 31.2 Å². The molecule has 1 aromatic carbocycles. The van der Waals surface area contributed by atoms with E-state index in [9.17, 15) is 22.4 Å². The van der Waals surface area contributed by atoms with Crippen LogP contribution in [0.15, 0.2) is 41.1 Å². The van der Waals surface area contributed by atoms with Crippen molar-refractivity contribution >= 4 is 23.3 Å². The zero-order valence-corrected chi connectivity index (χ0v) is 17.5. The van der Waals surface area contributed by atoms with Crippen molar-refractivity contribution in [2.24, 2.45) is 0 Å². The van der Waals surface area contributed by atoms with Crippen molar-refractivity contribution < 1.29 is 26.9 Å². The molecule has 1 aliphatic rings. The van der Waals surface area contributed by atoms with E-state index in [1.54, 1.807) is 16.7 Å². The summed E-state index contributed by atoms with van der Waals surface area (Å²) in [6.07, 6.45) is -3.66. The molecule has 11 heteroatoms. The number of carbonyl (C=O) groups excluding carboxylic acids is 1. The lowest BCUT2D eigenvalue weighted by Crippen LogP contribution is -2.49. The molecule has 1 aliphatic heterocycles. The number of benzene rings is 1. The maximum atomic E-state index is 14.4. The molecule has 3 aromatic rings. The second-order valence-electron chi connectivity index (χ2n) is 7.24. The topological polar surface area (TPSA) is 62.5 Å². The van der Waals surface area contributed by atoms with E-state index < -0.39 is 23.5 Å². The van der Waals surface area contributed by atoms with Crippen LogP contribution in [0, 0.1) is 12.7 Å². The lowest BCUT2D eigenvalue weighted by Gasteiger charge is -2.35. The summed E-state index contributed by atoms with van der Waals surface area (Å²) in [6.45, 7) is 2.86. The van der Waals surface area contributed by atoms with E-state index in [2.05, 4.69) is 10.1 Å².